The summed E-state index contributed by atoms with van der Waals surface area (Å²) in [5.74, 6) is 0.798. The first-order valence-corrected chi connectivity index (χ1v) is 12.3. The number of amides is 1. The van der Waals surface area contributed by atoms with Gasteiger partial charge in [-0.1, -0.05) is 30.2 Å². The van der Waals surface area contributed by atoms with Gasteiger partial charge in [-0.3, -0.25) is 4.79 Å². The van der Waals surface area contributed by atoms with Gasteiger partial charge in [-0.25, -0.2) is 9.37 Å². The van der Waals surface area contributed by atoms with Gasteiger partial charge in [0.1, 0.15) is 21.5 Å². The topological polar surface area (TPSA) is 72.7 Å². The molecule has 1 N–H and O–H groups in total. The van der Waals surface area contributed by atoms with Crippen LogP contribution in [0, 0.1) is 26.6 Å². The number of halogens is 1. The summed E-state index contributed by atoms with van der Waals surface area (Å²) in [7, 11) is 0. The molecule has 34 heavy (non-hydrogen) atoms. The highest BCUT2D eigenvalue weighted by Gasteiger charge is 2.21. The number of hydrogen-bond donors (Lipinski definition) is 1. The van der Waals surface area contributed by atoms with Crippen molar-refractivity contribution in [1.29, 1.82) is 0 Å². The lowest BCUT2D eigenvalue weighted by Crippen LogP contribution is -2.13. The van der Waals surface area contributed by atoms with E-state index in [1.54, 1.807) is 19.1 Å². The van der Waals surface area contributed by atoms with E-state index in [1.165, 1.54) is 23.0 Å². The number of benzene rings is 2. The van der Waals surface area contributed by atoms with Crippen LogP contribution in [-0.4, -0.2) is 25.7 Å². The third-order valence-corrected chi connectivity index (χ3v) is 7.39. The van der Waals surface area contributed by atoms with Crippen LogP contribution in [0.1, 0.15) is 51.6 Å². The Balaban J connectivity index is 1.43. The van der Waals surface area contributed by atoms with E-state index in [0.717, 1.165) is 59.8 Å². The number of aromatic nitrogens is 4. The average Bonchev–Trinajstić information content (AvgIpc) is 3.30. The number of aryl methyl sites for hydroxylation is 4. The van der Waals surface area contributed by atoms with Gasteiger partial charge in [-0.2, -0.15) is 0 Å². The molecule has 0 spiro atoms. The van der Waals surface area contributed by atoms with Crippen LogP contribution in [0.25, 0.3) is 22.0 Å². The van der Waals surface area contributed by atoms with Crippen LogP contribution >= 0.6 is 11.3 Å². The first-order valence-electron chi connectivity index (χ1n) is 11.5. The van der Waals surface area contributed by atoms with Crippen molar-refractivity contribution in [1.82, 2.24) is 19.7 Å². The summed E-state index contributed by atoms with van der Waals surface area (Å²) in [5, 5.41) is 12.2. The zero-order valence-electron chi connectivity index (χ0n) is 19.5. The molecule has 6 nitrogen and oxygen atoms in total. The zero-order chi connectivity index (χ0) is 23.8. The molecule has 0 radical (unpaired) electrons. The molecule has 1 aliphatic rings. The Morgan fingerprint density at radius 3 is 2.74 bits per heavy atom. The van der Waals surface area contributed by atoms with Crippen LogP contribution in [0.4, 0.5) is 10.1 Å². The summed E-state index contributed by atoms with van der Waals surface area (Å²) < 4.78 is 16.8. The van der Waals surface area contributed by atoms with Gasteiger partial charge in [-0.05, 0) is 57.4 Å². The fraction of sp³-hybridized carbons (Fsp3) is 0.308. The Kier molecular flexibility index (Phi) is 6.00. The quantitative estimate of drug-likeness (QED) is 0.386. The van der Waals surface area contributed by atoms with E-state index in [-0.39, 0.29) is 11.6 Å². The van der Waals surface area contributed by atoms with Crippen molar-refractivity contribution < 1.29 is 9.18 Å². The highest BCUT2D eigenvalue weighted by atomic mass is 32.1. The molecular formula is C26H26FN5OS. The Hall–Kier alpha value is -3.39. The lowest BCUT2D eigenvalue weighted by molar-refractivity contribution is 0.102. The number of hydrogen-bond acceptors (Lipinski definition) is 5. The first-order chi connectivity index (χ1) is 16.4. The Bertz CT molecular complexity index is 1390. The molecule has 0 atom stereocenters. The standard InChI is InChI=1S/C26H26FN5OS/c1-15-8-10-19(16(2)13-15)26-28-17(3)23(34-26)25(33)29-21-14-18(9-11-20(21)27)24-31-30-22-7-5-4-6-12-32(22)24/h8-11,13-14H,4-7,12H2,1-3H3,(H,29,33). The Morgan fingerprint density at radius 1 is 1.06 bits per heavy atom. The van der Waals surface area contributed by atoms with Crippen molar-refractivity contribution >= 4 is 22.9 Å². The average molecular weight is 476 g/mol. The number of fused-ring (bicyclic) bond motifs is 1. The van der Waals surface area contributed by atoms with Crippen LogP contribution in [0.15, 0.2) is 36.4 Å². The minimum absolute atomic E-state index is 0.120. The van der Waals surface area contributed by atoms with Crippen molar-refractivity contribution in [3.05, 3.63) is 69.7 Å². The Labute approximate surface area is 201 Å². The summed E-state index contributed by atoms with van der Waals surface area (Å²) in [6, 6.07) is 10.8. The van der Waals surface area contributed by atoms with Gasteiger partial charge in [0.25, 0.3) is 5.91 Å². The van der Waals surface area contributed by atoms with Crippen molar-refractivity contribution in [2.24, 2.45) is 0 Å². The van der Waals surface area contributed by atoms with E-state index in [1.807, 2.05) is 26.0 Å². The van der Waals surface area contributed by atoms with Gasteiger partial charge in [0.05, 0.1) is 11.4 Å². The second-order valence-corrected chi connectivity index (χ2v) is 9.80. The molecule has 0 aliphatic carbocycles. The predicted molar refractivity (Wildman–Crippen MR) is 133 cm³/mol. The molecule has 0 saturated heterocycles. The van der Waals surface area contributed by atoms with Crippen molar-refractivity contribution in [3.8, 4) is 22.0 Å². The van der Waals surface area contributed by atoms with Crippen LogP contribution in [0.5, 0.6) is 0 Å². The van der Waals surface area contributed by atoms with Gasteiger partial charge in [0, 0.05) is 24.1 Å². The van der Waals surface area contributed by atoms with Crippen LogP contribution in [-0.2, 0) is 13.0 Å². The molecule has 0 fully saturated rings. The van der Waals surface area contributed by atoms with Crippen molar-refractivity contribution in [2.45, 2.75) is 53.0 Å². The molecule has 0 bridgehead atoms. The van der Waals surface area contributed by atoms with E-state index in [0.29, 0.717) is 16.4 Å². The Morgan fingerprint density at radius 2 is 1.91 bits per heavy atom. The molecule has 0 saturated carbocycles. The second kappa shape index (κ2) is 9.10. The number of carbonyl (C=O) groups is 1. The summed E-state index contributed by atoms with van der Waals surface area (Å²) in [4.78, 5) is 18.2. The van der Waals surface area contributed by atoms with E-state index in [4.69, 9.17) is 0 Å². The van der Waals surface area contributed by atoms with Crippen molar-refractivity contribution in [2.75, 3.05) is 5.32 Å². The minimum Gasteiger partial charge on any atom is -0.319 e. The van der Waals surface area contributed by atoms with Crippen LogP contribution in [0.2, 0.25) is 0 Å². The maximum atomic E-state index is 14.7. The molecule has 0 unspecified atom stereocenters. The van der Waals surface area contributed by atoms with Gasteiger partial charge < -0.3 is 9.88 Å². The second-order valence-electron chi connectivity index (χ2n) is 8.80. The molecule has 3 heterocycles. The SMILES string of the molecule is Cc1ccc(-c2nc(C)c(C(=O)Nc3cc(-c4nnc5n4CCCCC5)ccc3F)s2)c(C)c1. The van der Waals surface area contributed by atoms with Gasteiger partial charge >= 0.3 is 0 Å². The normalized spacial score (nSPS) is 13.4. The number of nitrogens with zero attached hydrogens (tertiary/aromatic N) is 4. The molecule has 8 heteroatoms. The number of thiazole rings is 1. The summed E-state index contributed by atoms with van der Waals surface area (Å²) >= 11 is 1.32. The zero-order valence-corrected chi connectivity index (χ0v) is 20.3. The smallest absolute Gasteiger partial charge is 0.267 e. The van der Waals surface area contributed by atoms with Crippen molar-refractivity contribution in [3.63, 3.8) is 0 Å². The largest absolute Gasteiger partial charge is 0.319 e. The molecule has 5 rings (SSSR count). The van der Waals surface area contributed by atoms with Crippen LogP contribution < -0.4 is 5.32 Å². The van der Waals surface area contributed by atoms with E-state index < -0.39 is 5.82 Å². The summed E-state index contributed by atoms with van der Waals surface area (Å²) in [6.07, 6.45) is 4.22. The third kappa shape index (κ3) is 4.25. The summed E-state index contributed by atoms with van der Waals surface area (Å²) in [5.41, 5.74) is 4.75. The predicted octanol–water partition coefficient (Wildman–Crippen LogP) is 6.11. The van der Waals surface area contributed by atoms with Gasteiger partial charge in [0.2, 0.25) is 0 Å². The van der Waals surface area contributed by atoms with Crippen LogP contribution in [0.3, 0.4) is 0 Å². The van der Waals surface area contributed by atoms with Gasteiger partial charge in [-0.15, -0.1) is 21.5 Å². The molecule has 2 aromatic heterocycles. The molecule has 1 aliphatic heterocycles. The molecule has 174 valence electrons. The molecule has 2 aromatic carbocycles. The first kappa shape index (κ1) is 22.4. The fourth-order valence-electron chi connectivity index (χ4n) is 4.41. The number of anilines is 1. The van der Waals surface area contributed by atoms with E-state index >= 15 is 0 Å². The third-order valence-electron chi connectivity index (χ3n) is 6.20. The lowest BCUT2D eigenvalue weighted by Gasteiger charge is -2.10. The number of rotatable bonds is 4. The highest BCUT2D eigenvalue weighted by Crippen LogP contribution is 2.32. The number of nitrogens with one attached hydrogen (secondary N) is 1. The van der Waals surface area contributed by atoms with E-state index in [9.17, 15) is 9.18 Å². The summed E-state index contributed by atoms with van der Waals surface area (Å²) in [6.45, 7) is 6.72. The monoisotopic (exact) mass is 475 g/mol. The highest BCUT2D eigenvalue weighted by molar-refractivity contribution is 7.17. The lowest BCUT2D eigenvalue weighted by atomic mass is 10.1. The van der Waals surface area contributed by atoms with Gasteiger partial charge in [0.15, 0.2) is 5.82 Å². The fourth-order valence-corrected chi connectivity index (χ4v) is 5.47. The molecular weight excluding hydrogens is 449 g/mol. The maximum absolute atomic E-state index is 14.7. The maximum Gasteiger partial charge on any atom is 0.267 e. The molecule has 4 aromatic rings. The molecule has 1 amide bonds. The number of carbonyl (C=O) groups excluding carboxylic acids is 1. The minimum atomic E-state index is -0.496. The van der Waals surface area contributed by atoms with E-state index in [2.05, 4.69) is 31.1 Å².